The van der Waals surface area contributed by atoms with Crippen LogP contribution in [0.25, 0.3) is 0 Å². The fourth-order valence-electron chi connectivity index (χ4n) is 1.05. The SMILES string of the molecule is CC[C@H](NC(=O)NCCC(C)SC)C(=O)O. The van der Waals surface area contributed by atoms with Crippen molar-refractivity contribution in [2.24, 2.45) is 0 Å². The summed E-state index contributed by atoms with van der Waals surface area (Å²) in [4.78, 5) is 21.9. The molecule has 0 rings (SSSR count). The van der Waals surface area contributed by atoms with Crippen LogP contribution < -0.4 is 10.6 Å². The molecule has 0 aliphatic rings. The first-order valence-electron chi connectivity index (χ1n) is 5.31. The molecule has 2 atom stereocenters. The minimum Gasteiger partial charge on any atom is -0.480 e. The maximum Gasteiger partial charge on any atom is 0.326 e. The number of amides is 2. The summed E-state index contributed by atoms with van der Waals surface area (Å²) in [5.41, 5.74) is 0. The Morgan fingerprint density at radius 1 is 1.44 bits per heavy atom. The van der Waals surface area contributed by atoms with Gasteiger partial charge in [-0.2, -0.15) is 11.8 Å². The Bertz CT molecular complexity index is 236. The van der Waals surface area contributed by atoms with Crippen molar-refractivity contribution in [1.82, 2.24) is 10.6 Å². The topological polar surface area (TPSA) is 78.4 Å². The number of rotatable bonds is 7. The standard InChI is InChI=1S/C10H20N2O3S/c1-4-8(9(13)14)12-10(15)11-6-5-7(2)16-3/h7-8H,4-6H2,1-3H3,(H,13,14)(H2,11,12,15)/t7?,8-/m0/s1. The average molecular weight is 248 g/mol. The van der Waals surface area contributed by atoms with Crippen molar-refractivity contribution in [3.05, 3.63) is 0 Å². The lowest BCUT2D eigenvalue weighted by atomic mass is 10.2. The third-order valence-electron chi connectivity index (χ3n) is 2.25. The van der Waals surface area contributed by atoms with Crippen LogP contribution in [0.3, 0.4) is 0 Å². The zero-order valence-corrected chi connectivity index (χ0v) is 10.8. The molecule has 0 aromatic heterocycles. The van der Waals surface area contributed by atoms with Gasteiger partial charge in [0.05, 0.1) is 0 Å². The number of urea groups is 1. The number of carbonyl (C=O) groups is 2. The smallest absolute Gasteiger partial charge is 0.326 e. The first kappa shape index (κ1) is 15.1. The third kappa shape index (κ3) is 6.55. The molecule has 0 heterocycles. The van der Waals surface area contributed by atoms with E-state index in [1.54, 1.807) is 18.7 Å². The number of aliphatic carboxylic acids is 1. The highest BCUT2D eigenvalue weighted by Crippen LogP contribution is 2.07. The van der Waals surface area contributed by atoms with Crippen LogP contribution in [0.1, 0.15) is 26.7 Å². The fourth-order valence-corrected chi connectivity index (χ4v) is 1.41. The van der Waals surface area contributed by atoms with Gasteiger partial charge in [0, 0.05) is 11.8 Å². The maximum absolute atomic E-state index is 11.3. The molecule has 0 radical (unpaired) electrons. The van der Waals surface area contributed by atoms with Crippen molar-refractivity contribution in [2.75, 3.05) is 12.8 Å². The normalized spacial score (nSPS) is 13.9. The Balaban J connectivity index is 3.77. The van der Waals surface area contributed by atoms with Crippen molar-refractivity contribution in [2.45, 2.75) is 38.0 Å². The number of carboxylic acid groups (broad SMARTS) is 1. The zero-order chi connectivity index (χ0) is 12.6. The van der Waals surface area contributed by atoms with E-state index < -0.39 is 18.0 Å². The molecule has 6 heteroatoms. The van der Waals surface area contributed by atoms with Crippen LogP contribution in [0.4, 0.5) is 4.79 Å². The van der Waals surface area contributed by atoms with Gasteiger partial charge in [-0.15, -0.1) is 0 Å². The largest absolute Gasteiger partial charge is 0.480 e. The van der Waals surface area contributed by atoms with E-state index in [1.807, 2.05) is 6.26 Å². The Morgan fingerprint density at radius 3 is 2.50 bits per heavy atom. The highest BCUT2D eigenvalue weighted by atomic mass is 32.2. The van der Waals surface area contributed by atoms with E-state index in [4.69, 9.17) is 5.11 Å². The molecule has 3 N–H and O–H groups in total. The Morgan fingerprint density at radius 2 is 2.06 bits per heavy atom. The van der Waals surface area contributed by atoms with Crippen LogP contribution in [-0.2, 0) is 4.79 Å². The number of hydrogen-bond donors (Lipinski definition) is 3. The fraction of sp³-hybridized carbons (Fsp3) is 0.800. The molecule has 0 saturated carbocycles. The Kier molecular flexibility index (Phi) is 7.80. The third-order valence-corrected chi connectivity index (χ3v) is 3.29. The molecule has 0 spiro atoms. The monoisotopic (exact) mass is 248 g/mol. The van der Waals surface area contributed by atoms with Gasteiger partial charge in [0.2, 0.25) is 0 Å². The van der Waals surface area contributed by atoms with Gasteiger partial charge in [0.25, 0.3) is 0 Å². The molecule has 2 amide bonds. The quantitative estimate of drug-likeness (QED) is 0.634. The molecular weight excluding hydrogens is 228 g/mol. The van der Waals surface area contributed by atoms with Gasteiger partial charge < -0.3 is 15.7 Å². The molecule has 0 aromatic rings. The minimum atomic E-state index is -1.00. The number of thioether (sulfide) groups is 1. The summed E-state index contributed by atoms with van der Waals surface area (Å²) >= 11 is 1.73. The van der Waals surface area contributed by atoms with Crippen LogP contribution in [0.15, 0.2) is 0 Å². The second-order valence-electron chi connectivity index (χ2n) is 3.53. The molecule has 0 saturated heterocycles. The highest BCUT2D eigenvalue weighted by molar-refractivity contribution is 7.99. The van der Waals surface area contributed by atoms with E-state index in [-0.39, 0.29) is 0 Å². The predicted molar refractivity (Wildman–Crippen MR) is 65.8 cm³/mol. The first-order chi connectivity index (χ1) is 7.51. The van der Waals surface area contributed by atoms with Crippen molar-refractivity contribution in [1.29, 1.82) is 0 Å². The molecule has 0 aliphatic carbocycles. The van der Waals surface area contributed by atoms with Crippen LogP contribution in [0.5, 0.6) is 0 Å². The van der Waals surface area contributed by atoms with Gasteiger partial charge in [-0.05, 0) is 19.1 Å². The van der Waals surface area contributed by atoms with Gasteiger partial charge in [-0.25, -0.2) is 9.59 Å². The van der Waals surface area contributed by atoms with E-state index >= 15 is 0 Å². The molecule has 0 bridgehead atoms. The molecule has 0 aliphatic heterocycles. The lowest BCUT2D eigenvalue weighted by Gasteiger charge is -2.14. The van der Waals surface area contributed by atoms with Crippen molar-refractivity contribution in [3.8, 4) is 0 Å². The Labute approximate surface area is 100 Å². The summed E-state index contributed by atoms with van der Waals surface area (Å²) in [7, 11) is 0. The summed E-state index contributed by atoms with van der Waals surface area (Å²) in [6.07, 6.45) is 3.27. The molecular formula is C10H20N2O3S. The van der Waals surface area contributed by atoms with E-state index in [9.17, 15) is 9.59 Å². The molecule has 16 heavy (non-hydrogen) atoms. The summed E-state index contributed by atoms with van der Waals surface area (Å²) in [5.74, 6) is -1.00. The number of carboxylic acids is 1. The van der Waals surface area contributed by atoms with Gasteiger partial charge in [0.1, 0.15) is 6.04 Å². The molecule has 94 valence electrons. The minimum absolute atomic E-state index is 0.379. The van der Waals surface area contributed by atoms with Gasteiger partial charge in [-0.3, -0.25) is 0 Å². The van der Waals surface area contributed by atoms with E-state index in [2.05, 4.69) is 17.6 Å². The molecule has 5 nitrogen and oxygen atoms in total. The summed E-state index contributed by atoms with van der Waals surface area (Å²) < 4.78 is 0. The van der Waals surface area contributed by atoms with Crippen molar-refractivity contribution >= 4 is 23.8 Å². The summed E-state index contributed by atoms with van der Waals surface area (Å²) in [6.45, 7) is 4.36. The second kappa shape index (κ2) is 8.27. The molecule has 0 aromatic carbocycles. The van der Waals surface area contributed by atoms with Gasteiger partial charge in [0.15, 0.2) is 0 Å². The predicted octanol–water partition coefficient (Wildman–Crippen LogP) is 1.29. The van der Waals surface area contributed by atoms with Gasteiger partial charge >= 0.3 is 12.0 Å². The van der Waals surface area contributed by atoms with Crippen molar-refractivity contribution < 1.29 is 14.7 Å². The van der Waals surface area contributed by atoms with Gasteiger partial charge in [-0.1, -0.05) is 13.8 Å². The average Bonchev–Trinajstić information content (AvgIpc) is 2.25. The lowest BCUT2D eigenvalue weighted by Crippen LogP contribution is -2.46. The van der Waals surface area contributed by atoms with E-state index in [0.717, 1.165) is 6.42 Å². The zero-order valence-electron chi connectivity index (χ0n) is 9.95. The van der Waals surface area contributed by atoms with Crippen molar-refractivity contribution in [3.63, 3.8) is 0 Å². The molecule has 1 unspecified atom stereocenters. The van der Waals surface area contributed by atoms with Crippen LogP contribution >= 0.6 is 11.8 Å². The first-order valence-corrected chi connectivity index (χ1v) is 6.60. The van der Waals surface area contributed by atoms with E-state index in [1.165, 1.54) is 0 Å². The second-order valence-corrected chi connectivity index (χ2v) is 4.81. The van der Waals surface area contributed by atoms with Crippen LogP contribution in [0, 0.1) is 0 Å². The summed E-state index contributed by atoms with van der Waals surface area (Å²) in [6, 6.07) is -1.22. The highest BCUT2D eigenvalue weighted by Gasteiger charge is 2.16. The van der Waals surface area contributed by atoms with Crippen LogP contribution in [0.2, 0.25) is 0 Å². The van der Waals surface area contributed by atoms with Crippen LogP contribution in [-0.4, -0.2) is 41.2 Å². The summed E-state index contributed by atoms with van der Waals surface area (Å²) in [5, 5.41) is 14.3. The maximum atomic E-state index is 11.3. The number of carbonyl (C=O) groups excluding carboxylic acids is 1. The number of nitrogens with one attached hydrogen (secondary N) is 2. The Hall–Kier alpha value is -0.910. The number of hydrogen-bond acceptors (Lipinski definition) is 3. The van der Waals surface area contributed by atoms with E-state index in [0.29, 0.717) is 18.2 Å². The molecule has 0 fully saturated rings. The lowest BCUT2D eigenvalue weighted by molar-refractivity contribution is -0.139.